The maximum Gasteiger partial charge on any atom is 0.316 e. The van der Waals surface area contributed by atoms with E-state index in [-0.39, 0.29) is 36.5 Å². The molecule has 0 radical (unpaired) electrons. The minimum atomic E-state index is -1.02. The summed E-state index contributed by atoms with van der Waals surface area (Å²) in [4.78, 5) is 25.3. The first-order valence-corrected chi connectivity index (χ1v) is 12.3. The Balaban J connectivity index is 1.09. The predicted molar refractivity (Wildman–Crippen MR) is 129 cm³/mol. The SMILES string of the molecule is C[C@@H]1[C@@H](Nc2nnc(-c3ccc(OC4CC4)cc3)o2)CN1c1cc(F)c(C2CCC(=O)NC2=O)c(F)c1. The molecule has 2 aromatic carbocycles. The number of hydrogen-bond donors (Lipinski definition) is 2. The number of imide groups is 1. The number of rotatable bonds is 7. The Morgan fingerprint density at radius 3 is 2.46 bits per heavy atom. The molecular formula is C26H25F2N5O4. The number of carbonyl (C=O) groups excluding carboxylic acids is 2. The second-order valence-electron chi connectivity index (χ2n) is 9.72. The molecule has 0 spiro atoms. The zero-order chi connectivity index (χ0) is 25.7. The first kappa shape index (κ1) is 23.4. The van der Waals surface area contributed by atoms with E-state index >= 15 is 0 Å². The summed E-state index contributed by atoms with van der Waals surface area (Å²) in [5.41, 5.74) is 0.840. The lowest BCUT2D eigenvalue weighted by Crippen LogP contribution is -2.62. The van der Waals surface area contributed by atoms with Crippen LogP contribution in [0, 0.1) is 11.6 Å². The lowest BCUT2D eigenvalue weighted by Gasteiger charge is -2.48. The normalized spacial score (nSPS) is 23.4. The van der Waals surface area contributed by atoms with Gasteiger partial charge in [0, 0.05) is 35.8 Å². The van der Waals surface area contributed by atoms with Crippen molar-refractivity contribution >= 4 is 23.5 Å². The van der Waals surface area contributed by atoms with Crippen molar-refractivity contribution < 1.29 is 27.5 Å². The molecular weight excluding hydrogens is 484 g/mol. The molecule has 9 nitrogen and oxygen atoms in total. The minimum Gasteiger partial charge on any atom is -0.490 e. The van der Waals surface area contributed by atoms with Gasteiger partial charge in [0.1, 0.15) is 17.4 Å². The van der Waals surface area contributed by atoms with Crippen LogP contribution in [0.1, 0.15) is 44.1 Å². The third-order valence-corrected chi connectivity index (χ3v) is 7.11. The summed E-state index contributed by atoms with van der Waals surface area (Å²) in [7, 11) is 0. The molecule has 2 amide bonds. The molecule has 192 valence electrons. The Morgan fingerprint density at radius 2 is 1.81 bits per heavy atom. The number of ether oxygens (including phenoxy) is 1. The van der Waals surface area contributed by atoms with E-state index in [4.69, 9.17) is 9.15 Å². The van der Waals surface area contributed by atoms with E-state index in [0.29, 0.717) is 24.2 Å². The average molecular weight is 510 g/mol. The van der Waals surface area contributed by atoms with E-state index < -0.39 is 29.4 Å². The molecule has 2 saturated heterocycles. The van der Waals surface area contributed by atoms with Gasteiger partial charge in [-0.05, 0) is 62.6 Å². The highest BCUT2D eigenvalue weighted by Gasteiger charge is 2.38. The molecule has 2 aliphatic heterocycles. The number of nitrogens with one attached hydrogen (secondary N) is 2. The van der Waals surface area contributed by atoms with Gasteiger partial charge in [-0.25, -0.2) is 8.78 Å². The Labute approximate surface area is 211 Å². The Hall–Kier alpha value is -4.02. The fraction of sp³-hybridized carbons (Fsp3) is 0.385. The number of carbonyl (C=O) groups is 2. The highest BCUT2D eigenvalue weighted by Crippen LogP contribution is 2.36. The Kier molecular flexibility index (Phi) is 5.77. The quantitative estimate of drug-likeness (QED) is 0.464. The summed E-state index contributed by atoms with van der Waals surface area (Å²) < 4.78 is 41.4. The van der Waals surface area contributed by atoms with Gasteiger partial charge in [-0.1, -0.05) is 5.10 Å². The fourth-order valence-corrected chi connectivity index (χ4v) is 4.77. The van der Waals surface area contributed by atoms with Crippen LogP contribution in [0.15, 0.2) is 40.8 Å². The van der Waals surface area contributed by atoms with Gasteiger partial charge in [-0.15, -0.1) is 5.10 Å². The van der Waals surface area contributed by atoms with Crippen molar-refractivity contribution in [2.75, 3.05) is 16.8 Å². The maximum absolute atomic E-state index is 14.9. The molecule has 11 heteroatoms. The van der Waals surface area contributed by atoms with Crippen LogP contribution in [-0.4, -0.2) is 46.7 Å². The van der Waals surface area contributed by atoms with Crippen LogP contribution in [0.4, 0.5) is 20.5 Å². The van der Waals surface area contributed by atoms with Gasteiger partial charge in [0.05, 0.1) is 18.1 Å². The largest absolute Gasteiger partial charge is 0.490 e. The number of aromatic nitrogens is 2. The number of benzene rings is 2. The number of nitrogens with zero attached hydrogens (tertiary/aromatic N) is 3. The topological polar surface area (TPSA) is 110 Å². The molecule has 1 saturated carbocycles. The van der Waals surface area contributed by atoms with Crippen molar-refractivity contribution in [3.05, 3.63) is 53.6 Å². The van der Waals surface area contributed by atoms with E-state index in [2.05, 4.69) is 20.8 Å². The van der Waals surface area contributed by atoms with Crippen molar-refractivity contribution in [3.63, 3.8) is 0 Å². The molecule has 0 bridgehead atoms. The van der Waals surface area contributed by atoms with E-state index in [9.17, 15) is 18.4 Å². The zero-order valence-corrected chi connectivity index (χ0v) is 20.0. The molecule has 3 aliphatic rings. The highest BCUT2D eigenvalue weighted by atomic mass is 19.1. The van der Waals surface area contributed by atoms with E-state index in [1.165, 1.54) is 12.1 Å². The van der Waals surface area contributed by atoms with Crippen molar-refractivity contribution in [2.24, 2.45) is 0 Å². The van der Waals surface area contributed by atoms with Crippen LogP contribution in [0.5, 0.6) is 5.75 Å². The van der Waals surface area contributed by atoms with Gasteiger partial charge >= 0.3 is 6.01 Å². The molecule has 2 N–H and O–H groups in total. The summed E-state index contributed by atoms with van der Waals surface area (Å²) in [5, 5.41) is 13.5. The maximum atomic E-state index is 14.9. The Bertz CT molecular complexity index is 1330. The number of amides is 2. The first-order chi connectivity index (χ1) is 17.9. The number of hydrogen-bond acceptors (Lipinski definition) is 8. The summed E-state index contributed by atoms with van der Waals surface area (Å²) in [6, 6.07) is 10.0. The molecule has 37 heavy (non-hydrogen) atoms. The molecule has 1 aliphatic carbocycles. The number of piperidine rings is 1. The van der Waals surface area contributed by atoms with E-state index in [1.54, 1.807) is 0 Å². The van der Waals surface area contributed by atoms with Crippen LogP contribution in [-0.2, 0) is 9.59 Å². The van der Waals surface area contributed by atoms with Crippen molar-refractivity contribution in [1.29, 1.82) is 0 Å². The second-order valence-corrected chi connectivity index (χ2v) is 9.72. The molecule has 6 rings (SSSR count). The molecule has 3 atom stereocenters. The lowest BCUT2D eigenvalue weighted by molar-refractivity contribution is -0.134. The van der Waals surface area contributed by atoms with Gasteiger partial charge in [0.15, 0.2) is 0 Å². The van der Waals surface area contributed by atoms with Gasteiger partial charge in [0.2, 0.25) is 17.7 Å². The number of anilines is 2. The molecule has 1 unspecified atom stereocenters. The van der Waals surface area contributed by atoms with Crippen LogP contribution in [0.3, 0.4) is 0 Å². The average Bonchev–Trinajstić information content (AvgIpc) is 3.56. The second kappa shape index (κ2) is 9.13. The monoisotopic (exact) mass is 509 g/mol. The van der Waals surface area contributed by atoms with Crippen LogP contribution in [0.25, 0.3) is 11.5 Å². The van der Waals surface area contributed by atoms with Crippen molar-refractivity contribution in [2.45, 2.75) is 56.7 Å². The predicted octanol–water partition coefficient (Wildman–Crippen LogP) is 3.77. The first-order valence-electron chi connectivity index (χ1n) is 12.3. The van der Waals surface area contributed by atoms with Gasteiger partial charge in [-0.3, -0.25) is 14.9 Å². The zero-order valence-electron chi connectivity index (χ0n) is 20.0. The third-order valence-electron chi connectivity index (χ3n) is 7.11. The van der Waals surface area contributed by atoms with Gasteiger partial charge < -0.3 is 19.4 Å². The molecule has 3 aromatic rings. The van der Waals surface area contributed by atoms with E-state index in [0.717, 1.165) is 24.2 Å². The number of halogens is 2. The Morgan fingerprint density at radius 1 is 1.08 bits per heavy atom. The molecule has 1 aromatic heterocycles. The lowest BCUT2D eigenvalue weighted by atomic mass is 9.89. The van der Waals surface area contributed by atoms with Crippen LogP contribution >= 0.6 is 0 Å². The fourth-order valence-electron chi connectivity index (χ4n) is 4.77. The van der Waals surface area contributed by atoms with Crippen molar-refractivity contribution in [1.82, 2.24) is 15.5 Å². The highest BCUT2D eigenvalue weighted by molar-refractivity contribution is 6.01. The van der Waals surface area contributed by atoms with Gasteiger partial charge in [0.25, 0.3) is 0 Å². The smallest absolute Gasteiger partial charge is 0.316 e. The molecule has 3 heterocycles. The van der Waals surface area contributed by atoms with Crippen LogP contribution in [0.2, 0.25) is 0 Å². The summed E-state index contributed by atoms with van der Waals surface area (Å²) >= 11 is 0. The van der Waals surface area contributed by atoms with Crippen LogP contribution < -0.4 is 20.3 Å². The minimum absolute atomic E-state index is 0.0467. The summed E-state index contributed by atoms with van der Waals surface area (Å²) in [6.07, 6.45) is 2.63. The third kappa shape index (κ3) is 4.61. The molecule has 3 fully saturated rings. The summed E-state index contributed by atoms with van der Waals surface area (Å²) in [6.45, 7) is 2.38. The summed E-state index contributed by atoms with van der Waals surface area (Å²) in [5.74, 6) is -2.56. The standard InChI is InChI=1S/C26H25F2N5O4/c1-13-21(29-26-32-31-25(37-26)14-2-4-16(5-3-14)36-17-6-7-17)12-33(13)15-10-19(27)23(20(28)11-15)18-8-9-22(34)30-24(18)35/h2-5,10-11,13,17-18,21H,6-9,12H2,1H3,(H,29,32)(H,30,34,35)/t13-,18?,21+/m1/s1. The van der Waals surface area contributed by atoms with E-state index in [1.807, 2.05) is 36.1 Å². The van der Waals surface area contributed by atoms with Gasteiger partial charge in [-0.2, -0.15) is 0 Å². The van der Waals surface area contributed by atoms with Crippen molar-refractivity contribution in [3.8, 4) is 17.2 Å².